The summed E-state index contributed by atoms with van der Waals surface area (Å²) in [5.41, 5.74) is 3.07. The van der Waals surface area contributed by atoms with Crippen molar-refractivity contribution < 1.29 is 18.0 Å². The van der Waals surface area contributed by atoms with Gasteiger partial charge in [-0.25, -0.2) is 13.2 Å². The lowest BCUT2D eigenvalue weighted by atomic mass is 10.0. The Morgan fingerprint density at radius 1 is 0.969 bits per heavy atom. The summed E-state index contributed by atoms with van der Waals surface area (Å²) in [6, 6.07) is 12.3. The monoisotopic (exact) mass is 455 g/mol. The van der Waals surface area contributed by atoms with E-state index in [1.807, 2.05) is 25.1 Å². The van der Waals surface area contributed by atoms with Gasteiger partial charge in [-0.3, -0.25) is 9.69 Å². The molecular weight excluding hydrogens is 426 g/mol. The van der Waals surface area contributed by atoms with Crippen LogP contribution in [0.2, 0.25) is 0 Å². The highest BCUT2D eigenvalue weighted by Gasteiger charge is 2.34. The molecule has 32 heavy (non-hydrogen) atoms. The van der Waals surface area contributed by atoms with E-state index in [0.717, 1.165) is 36.8 Å². The fourth-order valence-electron chi connectivity index (χ4n) is 4.69. The standard InChI is InChI=1S/C24H29N3O4S/c1-16-15-26(24(29)25-20-6-4-5-7-20)23-14-19(10-13-22(23)27(16)17(2)28)18-8-11-21(12-9-18)32(3,30)31/h8-14,16,20H,4-7,15H2,1-3H3,(H,25,29). The smallest absolute Gasteiger partial charge is 0.322 e. The van der Waals surface area contributed by atoms with Crippen molar-refractivity contribution in [2.24, 2.45) is 0 Å². The number of benzene rings is 2. The SMILES string of the molecule is CC(=O)N1c2ccc(-c3ccc(S(C)(=O)=O)cc3)cc2N(C(=O)NC2CCCC2)CC1C. The number of nitrogens with one attached hydrogen (secondary N) is 1. The third kappa shape index (κ3) is 4.37. The maximum absolute atomic E-state index is 13.2. The van der Waals surface area contributed by atoms with Gasteiger partial charge in [-0.1, -0.05) is 31.0 Å². The van der Waals surface area contributed by atoms with Gasteiger partial charge in [0.25, 0.3) is 0 Å². The number of carbonyl (C=O) groups is 2. The van der Waals surface area contributed by atoms with Crippen LogP contribution in [0.15, 0.2) is 47.4 Å². The van der Waals surface area contributed by atoms with E-state index in [0.29, 0.717) is 17.9 Å². The van der Waals surface area contributed by atoms with Crippen LogP contribution in [-0.4, -0.2) is 45.2 Å². The van der Waals surface area contributed by atoms with Crippen LogP contribution in [0.5, 0.6) is 0 Å². The Bertz CT molecular complexity index is 1140. The molecule has 0 spiro atoms. The fraction of sp³-hybridized carbons (Fsp3) is 0.417. The Morgan fingerprint density at radius 2 is 1.59 bits per heavy atom. The molecular formula is C24H29N3O4S. The molecule has 0 aromatic heterocycles. The van der Waals surface area contributed by atoms with E-state index in [1.54, 1.807) is 34.1 Å². The number of sulfone groups is 1. The van der Waals surface area contributed by atoms with Crippen molar-refractivity contribution in [1.82, 2.24) is 5.32 Å². The first-order valence-corrected chi connectivity index (χ1v) is 12.9. The Labute approximate surface area is 189 Å². The predicted molar refractivity (Wildman–Crippen MR) is 126 cm³/mol. The molecule has 4 rings (SSSR count). The highest BCUT2D eigenvalue weighted by molar-refractivity contribution is 7.90. The lowest BCUT2D eigenvalue weighted by molar-refractivity contribution is -0.117. The molecule has 3 amide bonds. The first kappa shape index (κ1) is 22.3. The molecule has 0 saturated heterocycles. The molecule has 2 aromatic rings. The van der Waals surface area contributed by atoms with Crippen LogP contribution in [0.4, 0.5) is 16.2 Å². The van der Waals surface area contributed by atoms with Crippen LogP contribution < -0.4 is 15.1 Å². The summed E-state index contributed by atoms with van der Waals surface area (Å²) in [4.78, 5) is 29.3. The minimum absolute atomic E-state index is 0.0696. The van der Waals surface area contributed by atoms with Gasteiger partial charge < -0.3 is 10.2 Å². The van der Waals surface area contributed by atoms with Crippen LogP contribution in [0.25, 0.3) is 11.1 Å². The van der Waals surface area contributed by atoms with Gasteiger partial charge in [-0.15, -0.1) is 0 Å². The molecule has 1 aliphatic carbocycles. The minimum Gasteiger partial charge on any atom is -0.335 e. The van der Waals surface area contributed by atoms with Crippen LogP contribution in [0.1, 0.15) is 39.5 Å². The Kier molecular flexibility index (Phi) is 5.99. The fourth-order valence-corrected chi connectivity index (χ4v) is 5.32. The quantitative estimate of drug-likeness (QED) is 0.759. The van der Waals surface area contributed by atoms with Gasteiger partial charge >= 0.3 is 6.03 Å². The van der Waals surface area contributed by atoms with Crippen molar-refractivity contribution in [3.05, 3.63) is 42.5 Å². The van der Waals surface area contributed by atoms with Crippen LogP contribution in [-0.2, 0) is 14.6 Å². The lowest BCUT2D eigenvalue weighted by Gasteiger charge is -2.41. The number of hydrogen-bond donors (Lipinski definition) is 1. The van der Waals surface area contributed by atoms with Crippen molar-refractivity contribution >= 4 is 33.2 Å². The zero-order valence-corrected chi connectivity index (χ0v) is 19.5. The van der Waals surface area contributed by atoms with E-state index in [2.05, 4.69) is 5.32 Å². The third-order valence-corrected chi connectivity index (χ3v) is 7.42. The molecule has 2 aliphatic rings. The van der Waals surface area contributed by atoms with E-state index in [4.69, 9.17) is 0 Å². The minimum atomic E-state index is -3.28. The molecule has 8 heteroatoms. The zero-order chi connectivity index (χ0) is 23.0. The lowest BCUT2D eigenvalue weighted by Crippen LogP contribution is -2.54. The molecule has 1 heterocycles. The Morgan fingerprint density at radius 3 is 2.19 bits per heavy atom. The van der Waals surface area contributed by atoms with Gasteiger partial charge in [0.1, 0.15) is 0 Å². The summed E-state index contributed by atoms with van der Waals surface area (Å²) in [5.74, 6) is -0.0696. The summed E-state index contributed by atoms with van der Waals surface area (Å²) in [5, 5.41) is 3.15. The molecule has 170 valence electrons. The molecule has 1 fully saturated rings. The summed E-state index contributed by atoms with van der Waals surface area (Å²) in [7, 11) is -3.28. The van der Waals surface area contributed by atoms with E-state index in [9.17, 15) is 18.0 Å². The van der Waals surface area contributed by atoms with E-state index < -0.39 is 9.84 Å². The van der Waals surface area contributed by atoms with E-state index in [1.165, 1.54) is 13.2 Å². The first-order chi connectivity index (χ1) is 15.1. The second-order valence-electron chi connectivity index (χ2n) is 8.78. The highest BCUT2D eigenvalue weighted by Crippen LogP contribution is 2.39. The number of rotatable bonds is 3. The highest BCUT2D eigenvalue weighted by atomic mass is 32.2. The number of fused-ring (bicyclic) bond motifs is 1. The van der Waals surface area contributed by atoms with Crippen LogP contribution in [0, 0.1) is 0 Å². The van der Waals surface area contributed by atoms with E-state index in [-0.39, 0.29) is 28.9 Å². The molecule has 7 nitrogen and oxygen atoms in total. The van der Waals surface area contributed by atoms with Gasteiger partial charge in [-0.2, -0.15) is 0 Å². The molecule has 1 atom stereocenters. The van der Waals surface area contributed by atoms with Crippen LogP contribution in [0.3, 0.4) is 0 Å². The normalized spacial score (nSPS) is 19.0. The molecule has 1 N–H and O–H groups in total. The zero-order valence-electron chi connectivity index (χ0n) is 18.7. The maximum Gasteiger partial charge on any atom is 0.322 e. The van der Waals surface area contributed by atoms with Crippen molar-refractivity contribution in [2.45, 2.75) is 56.5 Å². The summed E-state index contributed by atoms with van der Waals surface area (Å²) in [6.07, 6.45) is 5.43. The average Bonchev–Trinajstić information content (AvgIpc) is 3.25. The number of nitrogens with zero attached hydrogens (tertiary/aromatic N) is 2. The Balaban J connectivity index is 1.72. The summed E-state index contributed by atoms with van der Waals surface area (Å²) < 4.78 is 23.5. The molecule has 1 saturated carbocycles. The Hall–Kier alpha value is -2.87. The number of carbonyl (C=O) groups excluding carboxylic acids is 2. The van der Waals surface area contributed by atoms with Gasteiger partial charge in [0.15, 0.2) is 9.84 Å². The number of urea groups is 1. The second-order valence-corrected chi connectivity index (χ2v) is 10.8. The summed E-state index contributed by atoms with van der Waals surface area (Å²) >= 11 is 0. The molecule has 2 aromatic carbocycles. The molecule has 1 aliphatic heterocycles. The second kappa shape index (κ2) is 8.58. The van der Waals surface area contributed by atoms with Gasteiger partial charge in [0.05, 0.1) is 22.3 Å². The van der Waals surface area contributed by atoms with Gasteiger partial charge in [-0.05, 0) is 55.2 Å². The molecule has 1 unspecified atom stereocenters. The predicted octanol–water partition coefficient (Wildman–Crippen LogP) is 3.97. The van der Waals surface area contributed by atoms with E-state index >= 15 is 0 Å². The van der Waals surface area contributed by atoms with Crippen molar-refractivity contribution in [1.29, 1.82) is 0 Å². The average molecular weight is 456 g/mol. The van der Waals surface area contributed by atoms with Gasteiger partial charge in [0.2, 0.25) is 5.91 Å². The topological polar surface area (TPSA) is 86.8 Å². The first-order valence-electron chi connectivity index (χ1n) is 11.0. The third-order valence-electron chi connectivity index (χ3n) is 6.30. The maximum atomic E-state index is 13.2. The van der Waals surface area contributed by atoms with Crippen LogP contribution >= 0.6 is 0 Å². The summed E-state index contributed by atoms with van der Waals surface area (Å²) in [6.45, 7) is 3.88. The van der Waals surface area contributed by atoms with Crippen molar-refractivity contribution in [3.8, 4) is 11.1 Å². The number of amides is 3. The van der Waals surface area contributed by atoms with Gasteiger partial charge in [0, 0.05) is 25.8 Å². The number of hydrogen-bond acceptors (Lipinski definition) is 4. The van der Waals surface area contributed by atoms with Crippen molar-refractivity contribution in [3.63, 3.8) is 0 Å². The molecule has 0 radical (unpaired) electrons. The largest absolute Gasteiger partial charge is 0.335 e. The van der Waals surface area contributed by atoms with Crippen molar-refractivity contribution in [2.75, 3.05) is 22.6 Å². The number of anilines is 2. The molecule has 0 bridgehead atoms.